The molecular formula is C10H16O4. The molecule has 3 unspecified atom stereocenters. The van der Waals surface area contributed by atoms with Gasteiger partial charge in [-0.3, -0.25) is 9.59 Å². The van der Waals surface area contributed by atoms with Crippen molar-refractivity contribution in [2.24, 2.45) is 23.2 Å². The number of carboxylic acids is 2. The molecule has 0 aromatic carbocycles. The summed E-state index contributed by atoms with van der Waals surface area (Å²) in [5.74, 6) is -2.54. The van der Waals surface area contributed by atoms with Gasteiger partial charge in [-0.25, -0.2) is 0 Å². The zero-order valence-corrected chi connectivity index (χ0v) is 8.65. The van der Waals surface area contributed by atoms with Crippen LogP contribution in [0.15, 0.2) is 0 Å². The average molecular weight is 200 g/mol. The van der Waals surface area contributed by atoms with Crippen molar-refractivity contribution in [1.82, 2.24) is 0 Å². The summed E-state index contributed by atoms with van der Waals surface area (Å²) in [5, 5.41) is 17.7. The van der Waals surface area contributed by atoms with Crippen LogP contribution in [-0.4, -0.2) is 22.2 Å². The Hall–Kier alpha value is -1.06. The summed E-state index contributed by atoms with van der Waals surface area (Å²) in [5.41, 5.74) is -0.399. The fraction of sp³-hybridized carbons (Fsp3) is 0.800. The van der Waals surface area contributed by atoms with Crippen LogP contribution in [0.3, 0.4) is 0 Å². The summed E-state index contributed by atoms with van der Waals surface area (Å²) >= 11 is 0. The van der Waals surface area contributed by atoms with E-state index in [1.807, 2.05) is 13.8 Å². The maximum atomic E-state index is 10.8. The predicted octanol–water partition coefficient (Wildman–Crippen LogP) is 1.45. The van der Waals surface area contributed by atoms with Gasteiger partial charge in [0.1, 0.15) is 0 Å². The highest BCUT2D eigenvalue weighted by molar-refractivity contribution is 5.74. The molecule has 0 heterocycles. The van der Waals surface area contributed by atoms with Crippen LogP contribution in [0.2, 0.25) is 0 Å². The summed E-state index contributed by atoms with van der Waals surface area (Å²) in [6, 6.07) is 0. The molecule has 0 spiro atoms. The maximum Gasteiger partial charge on any atom is 0.307 e. The Morgan fingerprint density at radius 3 is 2.14 bits per heavy atom. The smallest absolute Gasteiger partial charge is 0.307 e. The lowest BCUT2D eigenvalue weighted by molar-refractivity contribution is -0.169. The van der Waals surface area contributed by atoms with Crippen molar-refractivity contribution in [3.05, 3.63) is 0 Å². The molecule has 1 fully saturated rings. The van der Waals surface area contributed by atoms with Gasteiger partial charge in [0, 0.05) is 0 Å². The Labute approximate surface area is 82.9 Å². The van der Waals surface area contributed by atoms with E-state index < -0.39 is 29.2 Å². The minimum Gasteiger partial charge on any atom is -0.481 e. The second-order valence-corrected chi connectivity index (χ2v) is 4.68. The van der Waals surface area contributed by atoms with Gasteiger partial charge in [-0.1, -0.05) is 20.8 Å². The molecule has 2 N–H and O–H groups in total. The first-order valence-electron chi connectivity index (χ1n) is 4.74. The van der Waals surface area contributed by atoms with Gasteiger partial charge in [0.05, 0.1) is 11.8 Å². The Balaban J connectivity index is 2.72. The lowest BCUT2D eigenvalue weighted by Gasteiger charge is -2.51. The van der Waals surface area contributed by atoms with Crippen molar-refractivity contribution < 1.29 is 19.8 Å². The summed E-state index contributed by atoms with van der Waals surface area (Å²) < 4.78 is 0. The molecule has 0 radical (unpaired) electrons. The fourth-order valence-corrected chi connectivity index (χ4v) is 2.40. The van der Waals surface area contributed by atoms with Crippen LogP contribution < -0.4 is 0 Å². The third kappa shape index (κ3) is 1.49. The molecule has 3 atom stereocenters. The topological polar surface area (TPSA) is 74.6 Å². The molecule has 1 aliphatic carbocycles. The second kappa shape index (κ2) is 3.26. The number of hydrogen-bond acceptors (Lipinski definition) is 2. The number of carbonyl (C=O) groups is 2. The zero-order chi connectivity index (χ0) is 11.1. The predicted molar refractivity (Wildman–Crippen MR) is 49.8 cm³/mol. The van der Waals surface area contributed by atoms with Crippen molar-refractivity contribution in [2.75, 3.05) is 0 Å². The van der Waals surface area contributed by atoms with E-state index in [0.29, 0.717) is 6.42 Å². The average Bonchev–Trinajstić information content (AvgIpc) is 2.01. The Morgan fingerprint density at radius 1 is 1.36 bits per heavy atom. The molecule has 0 saturated heterocycles. The first kappa shape index (κ1) is 11.0. The van der Waals surface area contributed by atoms with Gasteiger partial charge in [-0.15, -0.1) is 0 Å². The number of hydrogen-bond donors (Lipinski definition) is 2. The number of carboxylic acid groups (broad SMARTS) is 2. The molecule has 0 aromatic heterocycles. The molecule has 4 heteroatoms. The van der Waals surface area contributed by atoms with Gasteiger partial charge >= 0.3 is 11.9 Å². The van der Waals surface area contributed by atoms with E-state index in [1.165, 1.54) is 0 Å². The third-order valence-electron chi connectivity index (χ3n) is 3.63. The molecule has 1 rings (SSSR count). The van der Waals surface area contributed by atoms with Crippen LogP contribution in [0.5, 0.6) is 0 Å². The van der Waals surface area contributed by atoms with Crippen molar-refractivity contribution in [3.63, 3.8) is 0 Å². The Bertz CT molecular complexity index is 269. The zero-order valence-electron chi connectivity index (χ0n) is 8.65. The fourth-order valence-electron chi connectivity index (χ4n) is 2.40. The lowest BCUT2D eigenvalue weighted by Crippen LogP contribution is -2.52. The summed E-state index contributed by atoms with van der Waals surface area (Å²) in [6.45, 7) is 5.31. The molecule has 0 amide bonds. The monoisotopic (exact) mass is 200 g/mol. The largest absolute Gasteiger partial charge is 0.481 e. The standard InChI is InChI=1S/C10H16O4/c1-5(8(11)12)6-4-7(9(13)14)10(6,2)3/h5-7H,4H2,1-3H3,(H,11,12)(H,13,14). The molecule has 0 aliphatic heterocycles. The van der Waals surface area contributed by atoms with Crippen LogP contribution >= 0.6 is 0 Å². The van der Waals surface area contributed by atoms with Crippen molar-refractivity contribution in [2.45, 2.75) is 27.2 Å². The first-order chi connectivity index (χ1) is 6.28. The van der Waals surface area contributed by atoms with Crippen LogP contribution in [0.4, 0.5) is 0 Å². The SMILES string of the molecule is CC(C(=O)O)C1CC(C(=O)O)C1(C)C. The van der Waals surface area contributed by atoms with Crippen LogP contribution in [0, 0.1) is 23.2 Å². The highest BCUT2D eigenvalue weighted by atomic mass is 16.4. The van der Waals surface area contributed by atoms with Crippen LogP contribution in [-0.2, 0) is 9.59 Å². The molecule has 80 valence electrons. The van der Waals surface area contributed by atoms with Gasteiger partial charge in [-0.05, 0) is 17.8 Å². The van der Waals surface area contributed by atoms with Crippen molar-refractivity contribution in [3.8, 4) is 0 Å². The maximum absolute atomic E-state index is 10.8. The van der Waals surface area contributed by atoms with E-state index in [-0.39, 0.29) is 5.92 Å². The van der Waals surface area contributed by atoms with Gasteiger partial charge in [-0.2, -0.15) is 0 Å². The number of rotatable bonds is 3. The summed E-state index contributed by atoms with van der Waals surface area (Å²) in [7, 11) is 0. The van der Waals surface area contributed by atoms with Gasteiger partial charge in [0.2, 0.25) is 0 Å². The normalized spacial score (nSPS) is 31.6. The molecular weight excluding hydrogens is 184 g/mol. The Morgan fingerprint density at radius 2 is 1.86 bits per heavy atom. The molecule has 4 nitrogen and oxygen atoms in total. The van der Waals surface area contributed by atoms with E-state index in [4.69, 9.17) is 10.2 Å². The highest BCUT2D eigenvalue weighted by Gasteiger charge is 2.54. The van der Waals surface area contributed by atoms with E-state index in [2.05, 4.69) is 0 Å². The van der Waals surface area contributed by atoms with Gasteiger partial charge < -0.3 is 10.2 Å². The van der Waals surface area contributed by atoms with Gasteiger partial charge in [0.15, 0.2) is 0 Å². The lowest BCUT2D eigenvalue weighted by atomic mass is 9.51. The second-order valence-electron chi connectivity index (χ2n) is 4.68. The highest BCUT2D eigenvalue weighted by Crippen LogP contribution is 2.54. The van der Waals surface area contributed by atoms with Crippen molar-refractivity contribution >= 4 is 11.9 Å². The van der Waals surface area contributed by atoms with E-state index >= 15 is 0 Å². The van der Waals surface area contributed by atoms with Crippen LogP contribution in [0.1, 0.15) is 27.2 Å². The molecule has 0 aromatic rings. The first-order valence-corrected chi connectivity index (χ1v) is 4.74. The van der Waals surface area contributed by atoms with E-state index in [9.17, 15) is 9.59 Å². The number of aliphatic carboxylic acids is 2. The van der Waals surface area contributed by atoms with Gasteiger partial charge in [0.25, 0.3) is 0 Å². The Kier molecular flexibility index (Phi) is 2.56. The minimum absolute atomic E-state index is 0.0268. The van der Waals surface area contributed by atoms with Crippen molar-refractivity contribution in [1.29, 1.82) is 0 Å². The summed E-state index contributed by atoms with van der Waals surface area (Å²) in [4.78, 5) is 21.5. The molecule has 14 heavy (non-hydrogen) atoms. The third-order valence-corrected chi connectivity index (χ3v) is 3.63. The minimum atomic E-state index is -0.841. The quantitative estimate of drug-likeness (QED) is 0.723. The molecule has 1 saturated carbocycles. The van der Waals surface area contributed by atoms with E-state index in [0.717, 1.165) is 0 Å². The van der Waals surface area contributed by atoms with E-state index in [1.54, 1.807) is 6.92 Å². The van der Waals surface area contributed by atoms with Crippen LogP contribution in [0.25, 0.3) is 0 Å². The molecule has 0 bridgehead atoms. The summed E-state index contributed by atoms with van der Waals surface area (Å²) in [6.07, 6.45) is 0.482. The molecule has 1 aliphatic rings.